The van der Waals surface area contributed by atoms with Gasteiger partial charge in [0.2, 0.25) is 0 Å². The van der Waals surface area contributed by atoms with E-state index in [1.165, 1.54) is 0 Å². The first-order valence-electron chi connectivity index (χ1n) is 7.48. The maximum atomic E-state index is 11.0. The molecule has 1 heterocycles. The van der Waals surface area contributed by atoms with Crippen molar-refractivity contribution in [3.63, 3.8) is 0 Å². The van der Waals surface area contributed by atoms with Gasteiger partial charge in [-0.15, -0.1) is 23.5 Å². The third kappa shape index (κ3) is 3.06. The Morgan fingerprint density at radius 3 is 1.55 bits per heavy atom. The van der Waals surface area contributed by atoms with Gasteiger partial charge in [0, 0.05) is 0 Å². The molecule has 2 N–H and O–H groups in total. The standard InChI is InChI=1S/C18H20O2S2/c19-16(14-8-3-1-4-9-14)18(21-12-7-13-22-18)17(20)15-10-5-2-6-11-15/h1-6,8-11,16-17,19-20H,7,12-13H2. The van der Waals surface area contributed by atoms with E-state index < -0.39 is 16.3 Å². The molecule has 116 valence electrons. The molecule has 0 aliphatic carbocycles. The van der Waals surface area contributed by atoms with Gasteiger partial charge in [-0.1, -0.05) is 60.7 Å². The second kappa shape index (κ2) is 7.09. The van der Waals surface area contributed by atoms with Crippen LogP contribution in [-0.4, -0.2) is 25.8 Å². The highest BCUT2D eigenvalue weighted by Crippen LogP contribution is 2.56. The summed E-state index contributed by atoms with van der Waals surface area (Å²) in [6, 6.07) is 19.3. The first-order chi connectivity index (χ1) is 10.7. The van der Waals surface area contributed by atoms with Gasteiger partial charge in [-0.05, 0) is 29.1 Å². The van der Waals surface area contributed by atoms with Crippen LogP contribution in [0.1, 0.15) is 29.8 Å². The Morgan fingerprint density at radius 1 is 0.727 bits per heavy atom. The molecule has 1 fully saturated rings. The van der Waals surface area contributed by atoms with Crippen LogP contribution in [-0.2, 0) is 0 Å². The first-order valence-corrected chi connectivity index (χ1v) is 9.45. The van der Waals surface area contributed by atoms with E-state index in [4.69, 9.17) is 0 Å². The smallest absolute Gasteiger partial charge is 0.121 e. The van der Waals surface area contributed by atoms with Crippen molar-refractivity contribution in [1.82, 2.24) is 0 Å². The average molecular weight is 332 g/mol. The molecule has 1 aliphatic heterocycles. The lowest BCUT2D eigenvalue weighted by atomic mass is 9.97. The Kier molecular flexibility index (Phi) is 5.14. The van der Waals surface area contributed by atoms with E-state index in [1.54, 1.807) is 23.5 Å². The highest BCUT2D eigenvalue weighted by molar-refractivity contribution is 8.18. The third-order valence-corrected chi connectivity index (χ3v) is 7.42. The molecule has 0 spiro atoms. The zero-order chi connectivity index (χ0) is 15.4. The largest absolute Gasteiger partial charge is 0.386 e. The molecule has 0 bridgehead atoms. The van der Waals surface area contributed by atoms with Crippen LogP contribution in [0.3, 0.4) is 0 Å². The van der Waals surface area contributed by atoms with Gasteiger partial charge in [0.1, 0.15) is 16.3 Å². The fourth-order valence-corrected chi connectivity index (χ4v) is 6.17. The van der Waals surface area contributed by atoms with Crippen molar-refractivity contribution in [3.8, 4) is 0 Å². The van der Waals surface area contributed by atoms with Gasteiger partial charge >= 0.3 is 0 Å². The van der Waals surface area contributed by atoms with Crippen molar-refractivity contribution in [2.24, 2.45) is 0 Å². The Hall–Kier alpha value is -0.940. The summed E-state index contributed by atoms with van der Waals surface area (Å²) in [4.78, 5) is 0. The molecule has 2 nitrogen and oxygen atoms in total. The molecule has 2 aromatic carbocycles. The number of rotatable bonds is 4. The minimum atomic E-state index is -0.709. The van der Waals surface area contributed by atoms with Crippen molar-refractivity contribution in [2.75, 3.05) is 11.5 Å². The molecule has 2 aromatic rings. The average Bonchev–Trinajstić information content (AvgIpc) is 2.62. The molecule has 2 unspecified atom stereocenters. The van der Waals surface area contributed by atoms with E-state index in [9.17, 15) is 10.2 Å². The maximum Gasteiger partial charge on any atom is 0.121 e. The SMILES string of the molecule is OC(c1ccccc1)C1(C(O)c2ccccc2)SCCCS1. The van der Waals surface area contributed by atoms with Gasteiger partial charge in [-0.2, -0.15) is 0 Å². The van der Waals surface area contributed by atoms with Crippen LogP contribution in [0.25, 0.3) is 0 Å². The van der Waals surface area contributed by atoms with Crippen molar-refractivity contribution in [2.45, 2.75) is 22.7 Å². The van der Waals surface area contributed by atoms with E-state index >= 15 is 0 Å². The van der Waals surface area contributed by atoms with E-state index in [1.807, 2.05) is 60.7 Å². The lowest BCUT2D eigenvalue weighted by Gasteiger charge is -2.43. The zero-order valence-electron chi connectivity index (χ0n) is 12.3. The predicted octanol–water partition coefficient (Wildman–Crippen LogP) is 4.02. The molecule has 0 amide bonds. The van der Waals surface area contributed by atoms with Crippen LogP contribution in [0.5, 0.6) is 0 Å². The molecule has 3 rings (SSSR count). The fraction of sp³-hybridized carbons (Fsp3) is 0.333. The second-order valence-electron chi connectivity index (χ2n) is 5.40. The first kappa shape index (κ1) is 15.9. The third-order valence-electron chi connectivity index (χ3n) is 3.94. The quantitative estimate of drug-likeness (QED) is 0.887. The van der Waals surface area contributed by atoms with E-state index in [0.717, 1.165) is 29.1 Å². The van der Waals surface area contributed by atoms with Crippen LogP contribution in [0.15, 0.2) is 60.7 Å². The summed E-state index contributed by atoms with van der Waals surface area (Å²) in [7, 11) is 0. The molecule has 0 saturated carbocycles. The summed E-state index contributed by atoms with van der Waals surface area (Å²) in [6.45, 7) is 0. The summed E-state index contributed by atoms with van der Waals surface area (Å²) in [5.74, 6) is 1.92. The molecular formula is C18H20O2S2. The molecule has 22 heavy (non-hydrogen) atoms. The van der Waals surface area contributed by atoms with Gasteiger partial charge in [-0.3, -0.25) is 0 Å². The van der Waals surface area contributed by atoms with Gasteiger partial charge < -0.3 is 10.2 Å². The lowest BCUT2D eigenvalue weighted by molar-refractivity contribution is 0.0741. The minimum absolute atomic E-state index is 0.652. The summed E-state index contributed by atoms with van der Waals surface area (Å²) in [6.07, 6.45) is -0.307. The van der Waals surface area contributed by atoms with Gasteiger partial charge in [0.15, 0.2) is 0 Å². The van der Waals surface area contributed by atoms with Crippen LogP contribution < -0.4 is 0 Å². The Balaban J connectivity index is 1.98. The molecule has 1 aliphatic rings. The number of thioether (sulfide) groups is 2. The molecule has 4 heteroatoms. The Bertz CT molecular complexity index is 535. The van der Waals surface area contributed by atoms with Crippen LogP contribution in [0.2, 0.25) is 0 Å². The van der Waals surface area contributed by atoms with Crippen molar-refractivity contribution < 1.29 is 10.2 Å². The summed E-state index contributed by atoms with van der Waals surface area (Å²) >= 11 is 3.36. The van der Waals surface area contributed by atoms with Crippen molar-refractivity contribution in [3.05, 3.63) is 71.8 Å². The highest BCUT2D eigenvalue weighted by atomic mass is 32.2. The number of aliphatic hydroxyl groups excluding tert-OH is 2. The Labute approximate surface area is 140 Å². The maximum absolute atomic E-state index is 11.0. The van der Waals surface area contributed by atoms with Crippen molar-refractivity contribution >= 4 is 23.5 Å². The van der Waals surface area contributed by atoms with Crippen molar-refractivity contribution in [1.29, 1.82) is 0 Å². The monoisotopic (exact) mass is 332 g/mol. The summed E-state index contributed by atoms with van der Waals surface area (Å²) in [5.41, 5.74) is 1.72. The number of hydrogen-bond donors (Lipinski definition) is 2. The predicted molar refractivity (Wildman–Crippen MR) is 95.1 cm³/mol. The minimum Gasteiger partial charge on any atom is -0.386 e. The van der Waals surface area contributed by atoms with E-state index in [-0.39, 0.29) is 0 Å². The zero-order valence-corrected chi connectivity index (χ0v) is 13.9. The lowest BCUT2D eigenvalue weighted by Crippen LogP contribution is -2.39. The Morgan fingerprint density at radius 2 is 1.14 bits per heavy atom. The molecular weight excluding hydrogens is 312 g/mol. The van der Waals surface area contributed by atoms with Crippen LogP contribution in [0.4, 0.5) is 0 Å². The number of benzene rings is 2. The van der Waals surface area contributed by atoms with Crippen LogP contribution in [0, 0.1) is 0 Å². The second-order valence-corrected chi connectivity index (χ2v) is 8.40. The normalized spacial score (nSPS) is 20.3. The van der Waals surface area contributed by atoms with E-state index in [2.05, 4.69) is 0 Å². The highest BCUT2D eigenvalue weighted by Gasteiger charge is 2.48. The summed E-state index contributed by atoms with van der Waals surface area (Å²) < 4.78 is -0.652. The van der Waals surface area contributed by atoms with Gasteiger partial charge in [0.05, 0.1) is 0 Å². The molecule has 1 saturated heterocycles. The fourth-order valence-electron chi connectivity index (χ4n) is 2.76. The van der Waals surface area contributed by atoms with Gasteiger partial charge in [-0.25, -0.2) is 0 Å². The molecule has 0 aromatic heterocycles. The molecule has 2 atom stereocenters. The topological polar surface area (TPSA) is 40.5 Å². The number of hydrogen-bond acceptors (Lipinski definition) is 4. The van der Waals surface area contributed by atoms with E-state index in [0.29, 0.717) is 0 Å². The summed E-state index contributed by atoms with van der Waals surface area (Å²) in [5, 5.41) is 22.1. The molecule has 0 radical (unpaired) electrons. The van der Waals surface area contributed by atoms with Gasteiger partial charge in [0.25, 0.3) is 0 Å². The van der Waals surface area contributed by atoms with Crippen LogP contribution >= 0.6 is 23.5 Å². The number of aliphatic hydroxyl groups is 2.